The zero-order valence-corrected chi connectivity index (χ0v) is 29.2. The summed E-state index contributed by atoms with van der Waals surface area (Å²) in [6.45, 7) is 4.02. The molecule has 0 saturated carbocycles. The summed E-state index contributed by atoms with van der Waals surface area (Å²) in [4.78, 5) is 52.7. The normalized spacial score (nSPS) is 21.8. The number of benzene rings is 2. The molecule has 0 bridgehead atoms. The number of carbonyl (C=O) groups excluding carboxylic acids is 2. The number of nitrogens with zero attached hydrogens (tertiary/aromatic N) is 3. The Hall–Kier alpha value is -3.06. The van der Waals surface area contributed by atoms with Gasteiger partial charge < -0.3 is 14.2 Å². The molecule has 2 amide bonds. The van der Waals surface area contributed by atoms with E-state index in [4.69, 9.17) is 14.2 Å². The molecule has 0 unspecified atom stereocenters. The summed E-state index contributed by atoms with van der Waals surface area (Å²) in [6, 6.07) is 11.4. The van der Waals surface area contributed by atoms with Crippen LogP contribution in [0.5, 0.6) is 17.2 Å². The number of aliphatic carboxylic acids is 1. The summed E-state index contributed by atoms with van der Waals surface area (Å²) in [5.74, 6) is -0.790. The molecule has 3 aliphatic heterocycles. The Morgan fingerprint density at radius 2 is 1.96 bits per heavy atom. The molecular formula is C34H47IN3O7-. The van der Waals surface area contributed by atoms with Crippen LogP contribution < -0.4 is 37.5 Å². The Kier molecular flexibility index (Phi) is 10.5. The molecule has 2 saturated heterocycles. The molecule has 3 atom stereocenters. The number of anilines is 1. The summed E-state index contributed by atoms with van der Waals surface area (Å²) in [6.07, 6.45) is 3.02. The van der Waals surface area contributed by atoms with Crippen molar-refractivity contribution >= 4 is 23.5 Å². The second-order valence-corrected chi connectivity index (χ2v) is 24.8. The van der Waals surface area contributed by atoms with Crippen molar-refractivity contribution in [1.29, 1.82) is 0 Å². The first kappa shape index (κ1) is 33.3. The zero-order valence-electron chi connectivity index (χ0n) is 27.1. The molecule has 11 heteroatoms. The Bertz CT molecular complexity index is 1410. The van der Waals surface area contributed by atoms with Gasteiger partial charge in [0.05, 0.1) is 7.11 Å². The number of amides is 2. The summed E-state index contributed by atoms with van der Waals surface area (Å²) in [5.41, 5.74) is 2.88. The van der Waals surface area contributed by atoms with Crippen LogP contribution in [0, 0.1) is 5.92 Å². The number of carboxylic acids is 1. The van der Waals surface area contributed by atoms with E-state index in [0.29, 0.717) is 43.3 Å². The maximum absolute atomic E-state index is 14.2. The third kappa shape index (κ3) is 7.67. The molecule has 3 heterocycles. The summed E-state index contributed by atoms with van der Waals surface area (Å²) < 4.78 is 17.9. The van der Waals surface area contributed by atoms with Gasteiger partial charge in [-0.1, -0.05) is 0 Å². The first-order chi connectivity index (χ1) is 21.5. The van der Waals surface area contributed by atoms with Crippen LogP contribution in [0.4, 0.5) is 5.69 Å². The van der Waals surface area contributed by atoms with Crippen LogP contribution in [0.25, 0.3) is 0 Å². The Labute approximate surface area is 270 Å². The van der Waals surface area contributed by atoms with Crippen LogP contribution >= 0.6 is 0 Å². The summed E-state index contributed by atoms with van der Waals surface area (Å²) in [5, 5.41) is 10.6. The number of carbonyl (C=O) groups is 3. The zero-order chi connectivity index (χ0) is 32.3. The van der Waals surface area contributed by atoms with E-state index in [1.807, 2.05) is 34.1 Å². The van der Waals surface area contributed by atoms with Crippen LogP contribution in [0.3, 0.4) is 0 Å². The van der Waals surface area contributed by atoms with Gasteiger partial charge in [-0.15, -0.1) is 0 Å². The van der Waals surface area contributed by atoms with Crippen LogP contribution in [-0.4, -0.2) is 100 Å². The van der Waals surface area contributed by atoms with Crippen LogP contribution in [-0.2, 0) is 18.8 Å². The molecule has 248 valence electrons. The van der Waals surface area contributed by atoms with Gasteiger partial charge >= 0.3 is 208 Å². The quantitative estimate of drug-likeness (QED) is 0.239. The van der Waals surface area contributed by atoms with Crippen molar-refractivity contribution in [1.82, 2.24) is 9.80 Å². The van der Waals surface area contributed by atoms with E-state index in [2.05, 4.69) is 33.8 Å². The molecular weight excluding hydrogens is 689 g/mol. The van der Waals surface area contributed by atoms with Crippen molar-refractivity contribution in [3.63, 3.8) is 0 Å². The van der Waals surface area contributed by atoms with E-state index in [1.54, 1.807) is 12.0 Å². The number of hydrogen-bond donors (Lipinski definition) is 1. The van der Waals surface area contributed by atoms with Gasteiger partial charge in [0.1, 0.15) is 0 Å². The third-order valence-corrected chi connectivity index (χ3v) is 12.0. The number of ether oxygens (including phenoxy) is 3. The topological polar surface area (TPSA) is 109 Å². The molecule has 1 N–H and O–H groups in total. The number of carboxylic acid groups (broad SMARTS) is 1. The van der Waals surface area contributed by atoms with E-state index in [0.717, 1.165) is 34.9 Å². The van der Waals surface area contributed by atoms with Crippen molar-refractivity contribution in [3.8, 4) is 17.2 Å². The standard InChI is InChI=1S/C34H47IN3O7/c1-6-7-14-38(25-11-8-10-23(15-25)18-35(2,3)4)31(40)21-37-19-26(24-16-28(43-5)33-29(17-24)44-22-45-33)32(34(41)42)27(37)20-36-13-9-12-30(36)39/h8,10-11,15-17,26-27,32H,6-7,9,12-14,18-22H2,1-5H3,(H,41,42)/q-1/t26-,27+,32-/m1/s1. The average Bonchev–Trinajstić information content (AvgIpc) is 3.71. The van der Waals surface area contributed by atoms with E-state index < -0.39 is 42.3 Å². The van der Waals surface area contributed by atoms with E-state index in [9.17, 15) is 19.5 Å². The molecule has 0 aromatic heterocycles. The minimum absolute atomic E-state index is 0.0310. The van der Waals surface area contributed by atoms with Crippen LogP contribution in [0.1, 0.15) is 49.7 Å². The number of alkyl halides is 4. The van der Waals surface area contributed by atoms with Gasteiger partial charge in [0, 0.05) is 6.42 Å². The second kappa shape index (κ2) is 14.1. The van der Waals surface area contributed by atoms with Gasteiger partial charge in [-0.25, -0.2) is 0 Å². The fraction of sp³-hybridized carbons (Fsp3) is 0.559. The number of likely N-dealkylation sites (tertiary alicyclic amines) is 2. The summed E-state index contributed by atoms with van der Waals surface area (Å²) in [7, 11) is 1.54. The fourth-order valence-electron chi connectivity index (χ4n) is 6.79. The van der Waals surface area contributed by atoms with Gasteiger partial charge in [0.2, 0.25) is 12.5 Å². The van der Waals surface area contributed by atoms with Crippen molar-refractivity contribution in [2.45, 2.75) is 49.0 Å². The van der Waals surface area contributed by atoms with Crippen molar-refractivity contribution in [3.05, 3.63) is 47.5 Å². The predicted molar refractivity (Wildman–Crippen MR) is 169 cm³/mol. The number of fused-ring (bicyclic) bond motifs is 1. The first-order valence-corrected chi connectivity index (χ1v) is 23.6. The number of methoxy groups -OCH3 is 1. The molecule has 0 aliphatic carbocycles. The molecule has 0 spiro atoms. The molecule has 3 aliphatic rings. The fourth-order valence-corrected chi connectivity index (χ4v) is 9.90. The molecule has 0 radical (unpaired) electrons. The maximum atomic E-state index is 14.2. The number of rotatable bonds is 13. The molecule has 2 aromatic rings. The Morgan fingerprint density at radius 3 is 2.62 bits per heavy atom. The average molecular weight is 737 g/mol. The van der Waals surface area contributed by atoms with Gasteiger partial charge in [-0.2, -0.15) is 0 Å². The molecule has 45 heavy (non-hydrogen) atoms. The number of hydrogen-bond acceptors (Lipinski definition) is 7. The van der Waals surface area contributed by atoms with Crippen LogP contribution in [0.15, 0.2) is 36.4 Å². The van der Waals surface area contributed by atoms with E-state index >= 15 is 0 Å². The van der Waals surface area contributed by atoms with Gasteiger partial charge in [-0.3, -0.25) is 4.79 Å². The Morgan fingerprint density at radius 1 is 1.16 bits per heavy atom. The monoisotopic (exact) mass is 736 g/mol. The molecule has 10 nitrogen and oxygen atoms in total. The van der Waals surface area contributed by atoms with Gasteiger partial charge in [-0.05, 0) is 6.42 Å². The number of unbranched alkanes of at least 4 members (excludes halogenated alkanes) is 1. The third-order valence-electron chi connectivity index (χ3n) is 8.87. The van der Waals surface area contributed by atoms with Crippen molar-refractivity contribution in [2.75, 3.05) is 66.3 Å². The number of halogens is 1. The van der Waals surface area contributed by atoms with Crippen molar-refractivity contribution < 1.29 is 52.1 Å². The molecule has 5 rings (SSSR count). The van der Waals surface area contributed by atoms with E-state index in [-0.39, 0.29) is 31.7 Å². The van der Waals surface area contributed by atoms with Gasteiger partial charge in [0.15, 0.2) is 11.5 Å². The second-order valence-electron chi connectivity index (χ2n) is 13.0. The SMILES string of the molecule is CCCCN(C(=O)CN1C[C@H](c2cc(OC)c3c(c2)OCO3)[C@@H](C(=O)O)[C@@H]1CN1CCCC1=O)c1cccc(C[I-](C)(C)C)c1. The Balaban J connectivity index is 1.47. The van der Waals surface area contributed by atoms with E-state index in [1.165, 1.54) is 5.56 Å². The minimum atomic E-state index is -1.80. The molecule has 2 fully saturated rings. The predicted octanol–water partition coefficient (Wildman–Crippen LogP) is 0.898. The van der Waals surface area contributed by atoms with Gasteiger partial charge in [0.25, 0.3) is 0 Å². The summed E-state index contributed by atoms with van der Waals surface area (Å²) >= 11 is -1.80. The van der Waals surface area contributed by atoms with Crippen molar-refractivity contribution in [2.24, 2.45) is 5.92 Å². The first-order valence-electron chi connectivity index (χ1n) is 15.6. The molecule has 2 aromatic carbocycles. The van der Waals surface area contributed by atoms with Crippen LogP contribution in [0.2, 0.25) is 0 Å².